The van der Waals surface area contributed by atoms with Gasteiger partial charge in [0.1, 0.15) is 17.6 Å². The fraction of sp³-hybridized carbons (Fsp3) is 0.143. The Hall–Kier alpha value is -2.41. The Morgan fingerprint density at radius 1 is 1.33 bits per heavy atom. The smallest absolute Gasteiger partial charge is 0.140 e. The second kappa shape index (κ2) is 5.28. The van der Waals surface area contributed by atoms with Crippen molar-refractivity contribution in [3.8, 4) is 6.07 Å². The molecule has 0 radical (unpaired) electrons. The van der Waals surface area contributed by atoms with Gasteiger partial charge in [-0.15, -0.1) is 0 Å². The molecule has 18 heavy (non-hydrogen) atoms. The lowest BCUT2D eigenvalue weighted by Gasteiger charge is -2.07. The van der Waals surface area contributed by atoms with Gasteiger partial charge in [-0.05, 0) is 48.4 Å². The van der Waals surface area contributed by atoms with Crippen molar-refractivity contribution in [2.75, 3.05) is 5.32 Å². The summed E-state index contributed by atoms with van der Waals surface area (Å²) in [5, 5.41) is 11.9. The fourth-order valence-electron chi connectivity index (χ4n) is 1.69. The van der Waals surface area contributed by atoms with Crippen molar-refractivity contribution in [1.82, 2.24) is 4.98 Å². The number of rotatable bonds is 3. The average molecular weight is 241 g/mol. The number of benzene rings is 1. The van der Waals surface area contributed by atoms with Crippen molar-refractivity contribution in [1.29, 1.82) is 5.26 Å². The van der Waals surface area contributed by atoms with Crippen molar-refractivity contribution < 1.29 is 4.39 Å². The summed E-state index contributed by atoms with van der Waals surface area (Å²) in [6.45, 7) is 2.37. The van der Waals surface area contributed by atoms with E-state index in [1.165, 1.54) is 12.1 Å². The standard InChI is InChI=1S/C14H12FN3/c1-10-4-12(15)7-13(5-10)18-9-11-2-3-17-14(6-11)8-16/h2-7,18H,9H2,1H3. The zero-order valence-electron chi connectivity index (χ0n) is 9.94. The van der Waals surface area contributed by atoms with E-state index in [1.807, 2.05) is 25.1 Å². The molecule has 0 unspecified atom stereocenters. The van der Waals surface area contributed by atoms with Gasteiger partial charge in [0.05, 0.1) is 0 Å². The SMILES string of the molecule is Cc1cc(F)cc(NCc2ccnc(C#N)c2)c1. The van der Waals surface area contributed by atoms with Gasteiger partial charge in [0, 0.05) is 18.4 Å². The van der Waals surface area contributed by atoms with Gasteiger partial charge in [0.15, 0.2) is 0 Å². The minimum atomic E-state index is -0.259. The van der Waals surface area contributed by atoms with Gasteiger partial charge in [0.2, 0.25) is 0 Å². The van der Waals surface area contributed by atoms with Gasteiger partial charge < -0.3 is 5.32 Å². The molecule has 0 spiro atoms. The highest BCUT2D eigenvalue weighted by molar-refractivity contribution is 5.46. The van der Waals surface area contributed by atoms with Gasteiger partial charge in [0.25, 0.3) is 0 Å². The molecule has 1 aromatic carbocycles. The number of anilines is 1. The van der Waals surface area contributed by atoms with Crippen LogP contribution in [0.3, 0.4) is 0 Å². The lowest BCUT2D eigenvalue weighted by molar-refractivity contribution is 0.627. The van der Waals surface area contributed by atoms with Crippen LogP contribution in [0.5, 0.6) is 0 Å². The predicted octanol–water partition coefficient (Wildman–Crippen LogP) is 3.01. The van der Waals surface area contributed by atoms with Gasteiger partial charge in [-0.2, -0.15) is 5.26 Å². The van der Waals surface area contributed by atoms with Crippen LogP contribution in [0.15, 0.2) is 36.5 Å². The van der Waals surface area contributed by atoms with Crippen LogP contribution in [0, 0.1) is 24.1 Å². The number of pyridine rings is 1. The molecule has 2 rings (SSSR count). The molecule has 0 saturated heterocycles. The molecule has 4 heteroatoms. The molecule has 1 heterocycles. The summed E-state index contributed by atoms with van der Waals surface area (Å²) >= 11 is 0. The van der Waals surface area contributed by atoms with Crippen molar-refractivity contribution in [2.45, 2.75) is 13.5 Å². The van der Waals surface area contributed by atoms with E-state index in [2.05, 4.69) is 10.3 Å². The van der Waals surface area contributed by atoms with Gasteiger partial charge in [-0.25, -0.2) is 9.37 Å². The van der Waals surface area contributed by atoms with E-state index in [1.54, 1.807) is 12.3 Å². The maximum Gasteiger partial charge on any atom is 0.140 e. The maximum atomic E-state index is 13.2. The number of hydrogen-bond acceptors (Lipinski definition) is 3. The van der Waals surface area contributed by atoms with Crippen molar-refractivity contribution >= 4 is 5.69 Å². The van der Waals surface area contributed by atoms with E-state index in [9.17, 15) is 4.39 Å². The lowest BCUT2D eigenvalue weighted by atomic mass is 10.2. The Kier molecular flexibility index (Phi) is 3.54. The van der Waals surface area contributed by atoms with Crippen molar-refractivity contribution in [3.05, 3.63) is 59.2 Å². The summed E-state index contributed by atoms with van der Waals surface area (Å²) in [6, 6.07) is 10.3. The second-order valence-electron chi connectivity index (χ2n) is 4.03. The number of aromatic nitrogens is 1. The number of nitrogens with zero attached hydrogens (tertiary/aromatic N) is 2. The van der Waals surface area contributed by atoms with E-state index in [4.69, 9.17) is 5.26 Å². The molecule has 0 aliphatic carbocycles. The first kappa shape index (κ1) is 12.1. The third kappa shape index (κ3) is 3.05. The van der Waals surface area contributed by atoms with Crippen LogP contribution < -0.4 is 5.32 Å². The van der Waals surface area contributed by atoms with Gasteiger partial charge >= 0.3 is 0 Å². The molecule has 90 valence electrons. The van der Waals surface area contributed by atoms with Gasteiger partial charge in [-0.3, -0.25) is 0 Å². The van der Waals surface area contributed by atoms with E-state index < -0.39 is 0 Å². The Balaban J connectivity index is 2.09. The van der Waals surface area contributed by atoms with Crippen molar-refractivity contribution in [2.24, 2.45) is 0 Å². The van der Waals surface area contributed by atoms with Crippen LogP contribution in [0.1, 0.15) is 16.8 Å². The lowest BCUT2D eigenvalue weighted by Crippen LogP contribution is -2.01. The highest BCUT2D eigenvalue weighted by atomic mass is 19.1. The molecular formula is C14H12FN3. The molecule has 0 aliphatic heterocycles. The van der Waals surface area contributed by atoms with E-state index in [-0.39, 0.29) is 5.82 Å². The summed E-state index contributed by atoms with van der Waals surface area (Å²) in [6.07, 6.45) is 1.59. The minimum Gasteiger partial charge on any atom is -0.381 e. The van der Waals surface area contributed by atoms with E-state index in [0.717, 1.165) is 16.8 Å². The molecular weight excluding hydrogens is 229 g/mol. The Morgan fingerprint density at radius 3 is 2.89 bits per heavy atom. The molecule has 0 amide bonds. The number of aryl methyl sites for hydroxylation is 1. The Labute approximate surface area is 105 Å². The van der Waals surface area contributed by atoms with Crippen LogP contribution >= 0.6 is 0 Å². The van der Waals surface area contributed by atoms with Crippen LogP contribution in [0.4, 0.5) is 10.1 Å². The molecule has 0 aliphatic rings. The summed E-state index contributed by atoms with van der Waals surface area (Å²) in [5.74, 6) is -0.259. The highest BCUT2D eigenvalue weighted by Crippen LogP contribution is 2.14. The van der Waals surface area contributed by atoms with Gasteiger partial charge in [-0.1, -0.05) is 0 Å². The number of halogens is 1. The van der Waals surface area contributed by atoms with Crippen LogP contribution in [0.2, 0.25) is 0 Å². The normalized spacial score (nSPS) is 9.83. The molecule has 2 aromatic rings. The zero-order chi connectivity index (χ0) is 13.0. The van der Waals surface area contributed by atoms with Crippen molar-refractivity contribution in [3.63, 3.8) is 0 Å². The number of hydrogen-bond donors (Lipinski definition) is 1. The molecule has 0 fully saturated rings. The summed E-state index contributed by atoms with van der Waals surface area (Å²) in [4.78, 5) is 3.89. The second-order valence-corrected chi connectivity index (χ2v) is 4.03. The predicted molar refractivity (Wildman–Crippen MR) is 67.4 cm³/mol. The highest BCUT2D eigenvalue weighted by Gasteiger charge is 1.99. The molecule has 0 atom stereocenters. The first-order valence-corrected chi connectivity index (χ1v) is 5.53. The maximum absolute atomic E-state index is 13.2. The van der Waals surface area contributed by atoms with Crippen LogP contribution in [-0.4, -0.2) is 4.98 Å². The largest absolute Gasteiger partial charge is 0.381 e. The Morgan fingerprint density at radius 2 is 2.17 bits per heavy atom. The van der Waals surface area contributed by atoms with E-state index >= 15 is 0 Å². The third-order valence-corrected chi connectivity index (χ3v) is 2.48. The fourth-order valence-corrected chi connectivity index (χ4v) is 1.69. The summed E-state index contributed by atoms with van der Waals surface area (Å²) in [7, 11) is 0. The minimum absolute atomic E-state index is 0.259. The molecule has 1 N–H and O–H groups in total. The number of nitriles is 1. The number of nitrogens with one attached hydrogen (secondary N) is 1. The molecule has 0 bridgehead atoms. The zero-order valence-corrected chi connectivity index (χ0v) is 9.94. The first-order chi connectivity index (χ1) is 8.67. The molecule has 0 saturated carbocycles. The first-order valence-electron chi connectivity index (χ1n) is 5.53. The monoisotopic (exact) mass is 241 g/mol. The topological polar surface area (TPSA) is 48.7 Å². The summed E-state index contributed by atoms with van der Waals surface area (Å²) in [5.41, 5.74) is 2.90. The van der Waals surface area contributed by atoms with Crippen LogP contribution in [-0.2, 0) is 6.54 Å². The summed E-state index contributed by atoms with van der Waals surface area (Å²) < 4.78 is 13.2. The quantitative estimate of drug-likeness (QED) is 0.898. The van der Waals surface area contributed by atoms with E-state index in [0.29, 0.717) is 12.2 Å². The molecule has 1 aromatic heterocycles. The third-order valence-electron chi connectivity index (χ3n) is 2.48. The Bertz CT molecular complexity index is 582. The molecule has 3 nitrogen and oxygen atoms in total. The van der Waals surface area contributed by atoms with Crippen LogP contribution in [0.25, 0.3) is 0 Å². The average Bonchev–Trinajstić information content (AvgIpc) is 2.35.